The number of benzene rings is 1. The van der Waals surface area contributed by atoms with Crippen LogP contribution in [0, 0.1) is 0 Å². The summed E-state index contributed by atoms with van der Waals surface area (Å²) in [5, 5.41) is 3.75. The fourth-order valence-corrected chi connectivity index (χ4v) is 3.44. The first kappa shape index (κ1) is 16.3. The number of carbonyl (C=O) groups excluding carboxylic acids is 1. The van der Waals surface area contributed by atoms with Crippen molar-refractivity contribution >= 4 is 6.09 Å². The molecule has 1 unspecified atom stereocenters. The Balaban J connectivity index is 1.55. The van der Waals surface area contributed by atoms with E-state index in [0.29, 0.717) is 12.1 Å². The van der Waals surface area contributed by atoms with Crippen molar-refractivity contribution in [3.63, 3.8) is 0 Å². The molecule has 126 valence electrons. The minimum Gasteiger partial charge on any atom is -0.444 e. The maximum Gasteiger partial charge on any atom is 0.410 e. The highest BCUT2D eigenvalue weighted by Gasteiger charge is 2.35. The highest BCUT2D eigenvalue weighted by Crippen LogP contribution is 2.30. The first-order valence-corrected chi connectivity index (χ1v) is 8.74. The minimum atomic E-state index is -0.421. The number of likely N-dealkylation sites (tertiary alicyclic amines) is 1. The summed E-state index contributed by atoms with van der Waals surface area (Å²) in [7, 11) is 0. The van der Waals surface area contributed by atoms with Crippen LogP contribution in [0.1, 0.15) is 57.2 Å². The standard InChI is InChI=1S/C19H28N2O2/c1-19(2,3)23-18(22)21-12-15(13-21)20-17-11-7-5-9-14-8-4-6-10-16(14)17/h4,6,8,10,15,17,20H,5,7,9,11-13H2,1-3H3. The summed E-state index contributed by atoms with van der Waals surface area (Å²) in [6.45, 7) is 7.20. The van der Waals surface area contributed by atoms with Crippen LogP contribution in [0.15, 0.2) is 24.3 Å². The van der Waals surface area contributed by atoms with Crippen molar-refractivity contribution in [1.82, 2.24) is 10.2 Å². The molecule has 1 aromatic carbocycles. The van der Waals surface area contributed by atoms with Gasteiger partial charge in [0.2, 0.25) is 0 Å². The molecule has 4 nitrogen and oxygen atoms in total. The third-order valence-electron chi connectivity index (χ3n) is 4.59. The molecule has 0 saturated carbocycles. The summed E-state index contributed by atoms with van der Waals surface area (Å²) in [6.07, 6.45) is 4.69. The van der Waals surface area contributed by atoms with Gasteiger partial charge in [0.15, 0.2) is 0 Å². The zero-order valence-electron chi connectivity index (χ0n) is 14.5. The van der Waals surface area contributed by atoms with E-state index in [1.807, 2.05) is 20.8 Å². The van der Waals surface area contributed by atoms with Crippen molar-refractivity contribution in [3.05, 3.63) is 35.4 Å². The van der Waals surface area contributed by atoms with Crippen molar-refractivity contribution in [1.29, 1.82) is 0 Å². The molecule has 0 aromatic heterocycles. The van der Waals surface area contributed by atoms with Gasteiger partial charge in [-0.05, 0) is 51.2 Å². The van der Waals surface area contributed by atoms with E-state index in [1.165, 1.54) is 36.8 Å². The SMILES string of the molecule is CC(C)(C)OC(=O)N1CC(NC2CCCCc3ccccc32)C1. The van der Waals surface area contributed by atoms with Crippen molar-refractivity contribution in [2.45, 2.75) is 64.1 Å². The lowest BCUT2D eigenvalue weighted by Crippen LogP contribution is -2.61. The lowest BCUT2D eigenvalue weighted by molar-refractivity contribution is 0.00401. The first-order chi connectivity index (χ1) is 10.9. The van der Waals surface area contributed by atoms with Crippen molar-refractivity contribution < 1.29 is 9.53 Å². The van der Waals surface area contributed by atoms with Gasteiger partial charge < -0.3 is 15.0 Å². The van der Waals surface area contributed by atoms with Gasteiger partial charge in [-0.25, -0.2) is 4.79 Å². The van der Waals surface area contributed by atoms with E-state index < -0.39 is 5.60 Å². The number of hydrogen-bond acceptors (Lipinski definition) is 3. The monoisotopic (exact) mass is 316 g/mol. The summed E-state index contributed by atoms with van der Waals surface area (Å²) < 4.78 is 5.42. The molecule has 2 aliphatic rings. The number of fused-ring (bicyclic) bond motifs is 1. The summed E-state index contributed by atoms with van der Waals surface area (Å²) in [6, 6.07) is 9.56. The molecule has 0 radical (unpaired) electrons. The van der Waals surface area contributed by atoms with Crippen LogP contribution in [-0.4, -0.2) is 35.7 Å². The van der Waals surface area contributed by atoms with Gasteiger partial charge in [0.1, 0.15) is 5.60 Å². The molecule has 1 fully saturated rings. The zero-order chi connectivity index (χ0) is 16.4. The Morgan fingerprint density at radius 1 is 1.22 bits per heavy atom. The maximum absolute atomic E-state index is 12.0. The second-order valence-electron chi connectivity index (χ2n) is 7.75. The Hall–Kier alpha value is -1.55. The van der Waals surface area contributed by atoms with Crippen molar-refractivity contribution in [2.24, 2.45) is 0 Å². The molecule has 1 N–H and O–H groups in total. The molecule has 3 rings (SSSR count). The zero-order valence-corrected chi connectivity index (χ0v) is 14.5. The fraction of sp³-hybridized carbons (Fsp3) is 0.632. The van der Waals surface area contributed by atoms with Gasteiger partial charge in [0.05, 0.1) is 0 Å². The van der Waals surface area contributed by atoms with Crippen molar-refractivity contribution in [3.8, 4) is 0 Å². The average Bonchev–Trinajstić information content (AvgIpc) is 2.62. The van der Waals surface area contributed by atoms with E-state index in [-0.39, 0.29) is 6.09 Å². The Labute approximate surface area is 139 Å². The Morgan fingerprint density at radius 3 is 2.70 bits per heavy atom. The van der Waals surface area contributed by atoms with Gasteiger partial charge in [-0.15, -0.1) is 0 Å². The minimum absolute atomic E-state index is 0.197. The Kier molecular flexibility index (Phi) is 4.62. The second-order valence-corrected chi connectivity index (χ2v) is 7.75. The molecular formula is C19H28N2O2. The van der Waals surface area contributed by atoms with Gasteiger partial charge >= 0.3 is 6.09 Å². The topological polar surface area (TPSA) is 41.6 Å². The van der Waals surface area contributed by atoms with E-state index in [2.05, 4.69) is 29.6 Å². The highest BCUT2D eigenvalue weighted by atomic mass is 16.6. The molecule has 4 heteroatoms. The number of nitrogens with one attached hydrogen (secondary N) is 1. The van der Waals surface area contributed by atoms with Gasteiger partial charge in [-0.3, -0.25) is 0 Å². The van der Waals surface area contributed by atoms with E-state index in [4.69, 9.17) is 4.74 Å². The van der Waals surface area contributed by atoms with Crippen molar-refractivity contribution in [2.75, 3.05) is 13.1 Å². The molecule has 1 atom stereocenters. The number of nitrogens with zero attached hydrogens (tertiary/aromatic N) is 1. The quantitative estimate of drug-likeness (QED) is 0.847. The van der Waals surface area contributed by atoms with Crippen LogP contribution in [-0.2, 0) is 11.2 Å². The van der Waals surface area contributed by atoms with Crippen LogP contribution in [0.5, 0.6) is 0 Å². The molecule has 23 heavy (non-hydrogen) atoms. The molecule has 1 aliphatic carbocycles. The second kappa shape index (κ2) is 6.52. The fourth-order valence-electron chi connectivity index (χ4n) is 3.44. The van der Waals surface area contributed by atoms with Gasteiger partial charge in [-0.2, -0.15) is 0 Å². The first-order valence-electron chi connectivity index (χ1n) is 8.74. The highest BCUT2D eigenvalue weighted by molar-refractivity contribution is 5.69. The molecular weight excluding hydrogens is 288 g/mol. The van der Waals surface area contributed by atoms with E-state index >= 15 is 0 Å². The summed E-state index contributed by atoms with van der Waals surface area (Å²) in [5.74, 6) is 0. The average molecular weight is 316 g/mol. The number of ether oxygens (including phenoxy) is 1. The normalized spacial score (nSPS) is 22.0. The predicted molar refractivity (Wildman–Crippen MR) is 91.5 cm³/mol. The summed E-state index contributed by atoms with van der Waals surface area (Å²) in [5.41, 5.74) is 2.50. The Bertz CT molecular complexity index is 559. The molecule has 0 bridgehead atoms. The third-order valence-corrected chi connectivity index (χ3v) is 4.59. The van der Waals surface area contributed by atoms with Gasteiger partial charge in [0, 0.05) is 25.2 Å². The lowest BCUT2D eigenvalue weighted by atomic mass is 9.97. The molecule has 1 saturated heterocycles. The van der Waals surface area contributed by atoms with Crippen LogP contribution >= 0.6 is 0 Å². The molecule has 1 aromatic rings. The third kappa shape index (κ3) is 4.05. The van der Waals surface area contributed by atoms with Crippen LogP contribution in [0.2, 0.25) is 0 Å². The molecule has 1 aliphatic heterocycles. The number of rotatable bonds is 2. The number of carbonyl (C=O) groups is 1. The lowest BCUT2D eigenvalue weighted by Gasteiger charge is -2.42. The van der Waals surface area contributed by atoms with E-state index in [9.17, 15) is 4.79 Å². The predicted octanol–water partition coefficient (Wildman–Crippen LogP) is 3.66. The number of hydrogen-bond donors (Lipinski definition) is 1. The van der Waals surface area contributed by atoms with Crippen LogP contribution in [0.4, 0.5) is 4.79 Å². The van der Waals surface area contributed by atoms with Crippen LogP contribution < -0.4 is 5.32 Å². The Morgan fingerprint density at radius 2 is 1.96 bits per heavy atom. The summed E-state index contributed by atoms with van der Waals surface area (Å²) >= 11 is 0. The van der Waals surface area contributed by atoms with Gasteiger partial charge in [-0.1, -0.05) is 30.7 Å². The molecule has 0 spiro atoms. The van der Waals surface area contributed by atoms with E-state index in [1.54, 1.807) is 4.90 Å². The number of amides is 1. The van der Waals surface area contributed by atoms with Crippen LogP contribution in [0.3, 0.4) is 0 Å². The van der Waals surface area contributed by atoms with Gasteiger partial charge in [0.25, 0.3) is 0 Å². The largest absolute Gasteiger partial charge is 0.444 e. The summed E-state index contributed by atoms with van der Waals surface area (Å²) in [4.78, 5) is 13.8. The maximum atomic E-state index is 12.0. The number of aryl methyl sites for hydroxylation is 1. The van der Waals surface area contributed by atoms with E-state index in [0.717, 1.165) is 13.1 Å². The molecule has 1 amide bonds. The smallest absolute Gasteiger partial charge is 0.410 e. The molecule has 1 heterocycles. The van der Waals surface area contributed by atoms with Crippen LogP contribution in [0.25, 0.3) is 0 Å².